The zero-order valence-electron chi connectivity index (χ0n) is 21.2. The summed E-state index contributed by atoms with van der Waals surface area (Å²) < 4.78 is 29.0. The van der Waals surface area contributed by atoms with E-state index in [9.17, 15) is 13.2 Å². The summed E-state index contributed by atoms with van der Waals surface area (Å²) in [6, 6.07) is 12.0. The third kappa shape index (κ3) is 6.61. The molecule has 0 bridgehead atoms. The van der Waals surface area contributed by atoms with Crippen molar-refractivity contribution in [2.45, 2.75) is 82.0 Å². The monoisotopic (exact) mass is 499 g/mol. The number of sulfone groups is 1. The van der Waals surface area contributed by atoms with Crippen LogP contribution in [0.1, 0.15) is 58.4 Å². The number of piperidine rings is 1. The topological polar surface area (TPSA) is 79.8 Å². The van der Waals surface area contributed by atoms with Crippen LogP contribution in [0.4, 0.5) is 4.79 Å². The minimum absolute atomic E-state index is 0.212. The van der Waals surface area contributed by atoms with Crippen LogP contribution in [0.5, 0.6) is 0 Å². The minimum atomic E-state index is -3.21. The molecule has 8 heteroatoms. The van der Waals surface area contributed by atoms with Gasteiger partial charge in [-0.2, -0.15) is 0 Å². The van der Waals surface area contributed by atoms with Crippen LogP contribution in [0.25, 0.3) is 11.3 Å². The van der Waals surface area contributed by atoms with E-state index >= 15 is 0 Å². The minimum Gasteiger partial charge on any atom is -0.444 e. The first kappa shape index (κ1) is 25.6. The summed E-state index contributed by atoms with van der Waals surface area (Å²) in [4.78, 5) is 21.9. The molecule has 4 rings (SSSR count). The molecule has 2 aliphatic rings. The van der Waals surface area contributed by atoms with E-state index in [4.69, 9.17) is 4.74 Å². The van der Waals surface area contributed by atoms with Gasteiger partial charge in [0.1, 0.15) is 5.60 Å². The van der Waals surface area contributed by atoms with E-state index in [0.717, 1.165) is 43.7 Å². The largest absolute Gasteiger partial charge is 0.444 e. The fourth-order valence-electron chi connectivity index (χ4n) is 4.75. The lowest BCUT2D eigenvalue weighted by Crippen LogP contribution is -2.52. The number of aromatic nitrogens is 1. The van der Waals surface area contributed by atoms with E-state index in [1.165, 1.54) is 31.1 Å². The van der Waals surface area contributed by atoms with Crippen LogP contribution in [0.2, 0.25) is 0 Å². The van der Waals surface area contributed by atoms with E-state index in [1.54, 1.807) is 24.3 Å². The molecule has 190 valence electrons. The second-order valence-electron chi connectivity index (χ2n) is 10.8. The Kier molecular flexibility index (Phi) is 7.52. The number of hydrogen-bond donors (Lipinski definition) is 0. The summed E-state index contributed by atoms with van der Waals surface area (Å²) in [6.45, 7) is 8.01. The van der Waals surface area contributed by atoms with Gasteiger partial charge in [0, 0.05) is 49.7 Å². The van der Waals surface area contributed by atoms with Crippen molar-refractivity contribution in [3.8, 4) is 11.3 Å². The normalized spacial score (nSPS) is 17.9. The first-order valence-corrected chi connectivity index (χ1v) is 14.4. The maximum atomic E-state index is 12.5. The number of benzene rings is 1. The van der Waals surface area contributed by atoms with Crippen molar-refractivity contribution in [3.05, 3.63) is 48.2 Å². The van der Waals surface area contributed by atoms with Gasteiger partial charge in [-0.1, -0.05) is 24.6 Å². The zero-order chi connectivity index (χ0) is 25.2. The quantitative estimate of drug-likeness (QED) is 0.562. The Morgan fingerprint density at radius 2 is 1.66 bits per heavy atom. The van der Waals surface area contributed by atoms with Gasteiger partial charge in [-0.05, 0) is 70.2 Å². The molecule has 1 aromatic carbocycles. The Hall–Kier alpha value is -2.45. The Morgan fingerprint density at radius 1 is 1.03 bits per heavy atom. The third-order valence-electron chi connectivity index (χ3n) is 6.90. The molecule has 0 atom stereocenters. The SMILES string of the molecule is CC(C)(C)OC(=O)N1CCC(N(Cc2ccc(-c3ccc(S(C)(=O)=O)cc3)nc2)C2CCC2)CC1. The molecule has 2 heterocycles. The van der Waals surface area contributed by atoms with Gasteiger partial charge >= 0.3 is 6.09 Å². The van der Waals surface area contributed by atoms with Gasteiger partial charge in [0.2, 0.25) is 0 Å². The van der Waals surface area contributed by atoms with Crippen LogP contribution < -0.4 is 0 Å². The van der Waals surface area contributed by atoms with Crippen molar-refractivity contribution < 1.29 is 17.9 Å². The van der Waals surface area contributed by atoms with E-state index < -0.39 is 15.4 Å². The van der Waals surface area contributed by atoms with Gasteiger partial charge in [-0.25, -0.2) is 13.2 Å². The molecule has 0 unspecified atom stereocenters. The van der Waals surface area contributed by atoms with Crippen LogP contribution in [0.15, 0.2) is 47.5 Å². The highest BCUT2D eigenvalue weighted by Gasteiger charge is 2.34. The molecule has 2 aromatic rings. The lowest BCUT2D eigenvalue weighted by molar-refractivity contribution is 0.00299. The summed E-state index contributed by atoms with van der Waals surface area (Å²) in [7, 11) is -3.21. The molecule has 0 N–H and O–H groups in total. The predicted octanol–water partition coefficient (Wildman–Crippen LogP) is 4.91. The standard InChI is InChI=1S/C27H37N3O4S/c1-27(2,3)34-26(31)29-16-14-23(15-17-29)30(22-6-5-7-22)19-20-8-13-25(28-18-20)21-9-11-24(12-10-21)35(4,32)33/h8-13,18,22-23H,5-7,14-17,19H2,1-4H3. The number of pyridine rings is 1. The van der Waals surface area contributed by atoms with E-state index in [1.807, 2.05) is 37.9 Å². The van der Waals surface area contributed by atoms with Crippen LogP contribution in [-0.2, 0) is 21.1 Å². The molecule has 0 radical (unpaired) electrons. The fraction of sp³-hybridized carbons (Fsp3) is 0.556. The zero-order valence-corrected chi connectivity index (χ0v) is 22.1. The smallest absolute Gasteiger partial charge is 0.410 e. The molecule has 1 saturated heterocycles. The molecule has 1 saturated carbocycles. The second kappa shape index (κ2) is 10.3. The summed E-state index contributed by atoms with van der Waals surface area (Å²) in [5.74, 6) is 0. The van der Waals surface area contributed by atoms with E-state index in [0.29, 0.717) is 17.0 Å². The highest BCUT2D eigenvalue weighted by molar-refractivity contribution is 7.90. The molecular formula is C27H37N3O4S. The van der Waals surface area contributed by atoms with Crippen molar-refractivity contribution in [2.24, 2.45) is 0 Å². The third-order valence-corrected chi connectivity index (χ3v) is 8.03. The number of ether oxygens (including phenoxy) is 1. The average Bonchev–Trinajstić information content (AvgIpc) is 2.76. The average molecular weight is 500 g/mol. The van der Waals surface area contributed by atoms with Gasteiger partial charge in [0.25, 0.3) is 0 Å². The molecule has 0 spiro atoms. The number of likely N-dealkylation sites (tertiary alicyclic amines) is 1. The molecule has 1 aliphatic carbocycles. The lowest BCUT2D eigenvalue weighted by Gasteiger charge is -2.45. The van der Waals surface area contributed by atoms with Gasteiger partial charge in [0.15, 0.2) is 9.84 Å². The summed E-state index contributed by atoms with van der Waals surface area (Å²) in [6.07, 6.45) is 8.57. The van der Waals surface area contributed by atoms with Gasteiger partial charge in [-0.15, -0.1) is 0 Å². The summed E-state index contributed by atoms with van der Waals surface area (Å²) >= 11 is 0. The Bertz CT molecular complexity index is 1110. The van der Waals surface area contributed by atoms with E-state index in [2.05, 4.69) is 16.0 Å². The highest BCUT2D eigenvalue weighted by atomic mass is 32.2. The number of carbonyl (C=O) groups excluding carboxylic acids is 1. The Morgan fingerprint density at radius 3 is 2.14 bits per heavy atom. The second-order valence-corrected chi connectivity index (χ2v) is 12.8. The van der Waals surface area contributed by atoms with Gasteiger partial charge in [0.05, 0.1) is 10.6 Å². The van der Waals surface area contributed by atoms with E-state index in [-0.39, 0.29) is 6.09 Å². The van der Waals surface area contributed by atoms with Crippen LogP contribution in [-0.4, -0.2) is 66.3 Å². The Labute approximate surface area is 209 Å². The van der Waals surface area contributed by atoms with Crippen molar-refractivity contribution >= 4 is 15.9 Å². The molecule has 1 aromatic heterocycles. The molecule has 1 aliphatic heterocycles. The molecule has 35 heavy (non-hydrogen) atoms. The number of rotatable bonds is 6. The molecular weight excluding hydrogens is 462 g/mol. The molecule has 7 nitrogen and oxygen atoms in total. The maximum absolute atomic E-state index is 12.5. The van der Waals surface area contributed by atoms with Crippen LogP contribution in [0.3, 0.4) is 0 Å². The molecule has 2 fully saturated rings. The Balaban J connectivity index is 1.39. The first-order chi connectivity index (χ1) is 16.5. The fourth-order valence-corrected chi connectivity index (χ4v) is 5.38. The van der Waals surface area contributed by atoms with Gasteiger partial charge < -0.3 is 9.64 Å². The summed E-state index contributed by atoms with van der Waals surface area (Å²) in [5, 5.41) is 0. The maximum Gasteiger partial charge on any atom is 0.410 e. The number of amides is 1. The first-order valence-electron chi connectivity index (χ1n) is 12.5. The number of hydrogen-bond acceptors (Lipinski definition) is 6. The van der Waals surface area contributed by atoms with Crippen molar-refractivity contribution in [1.29, 1.82) is 0 Å². The van der Waals surface area contributed by atoms with Crippen LogP contribution in [0, 0.1) is 0 Å². The molecule has 1 amide bonds. The van der Waals surface area contributed by atoms with Crippen molar-refractivity contribution in [2.75, 3.05) is 19.3 Å². The van der Waals surface area contributed by atoms with Gasteiger partial charge in [-0.3, -0.25) is 9.88 Å². The van der Waals surface area contributed by atoms with Crippen LogP contribution >= 0.6 is 0 Å². The van der Waals surface area contributed by atoms with Crippen molar-refractivity contribution in [3.63, 3.8) is 0 Å². The summed E-state index contributed by atoms with van der Waals surface area (Å²) in [5.41, 5.74) is 2.42. The predicted molar refractivity (Wildman–Crippen MR) is 137 cm³/mol. The van der Waals surface area contributed by atoms with Crippen molar-refractivity contribution in [1.82, 2.24) is 14.8 Å². The highest BCUT2D eigenvalue weighted by Crippen LogP contribution is 2.32. The number of nitrogens with zero attached hydrogens (tertiary/aromatic N) is 3. The lowest BCUT2D eigenvalue weighted by atomic mass is 9.88. The number of carbonyl (C=O) groups is 1.